The Labute approximate surface area is 182 Å². The van der Waals surface area contributed by atoms with Gasteiger partial charge in [-0.3, -0.25) is 4.79 Å². The normalized spacial score (nSPS) is 17.1. The van der Waals surface area contributed by atoms with Crippen LogP contribution in [0.3, 0.4) is 0 Å². The maximum Gasteiger partial charge on any atom is 0.244 e. The first-order chi connectivity index (χ1) is 14.8. The highest BCUT2D eigenvalue weighted by molar-refractivity contribution is 7.89. The zero-order valence-electron chi connectivity index (χ0n) is 17.7. The highest BCUT2D eigenvalue weighted by Gasteiger charge is 2.40. The van der Waals surface area contributed by atoms with E-state index in [4.69, 9.17) is 0 Å². The molecule has 3 aromatic rings. The van der Waals surface area contributed by atoms with Crippen molar-refractivity contribution in [1.29, 1.82) is 0 Å². The number of aryl methyl sites for hydroxylation is 3. The molecule has 2 aromatic heterocycles. The SMILES string of the molecule is Cc1cc(C)c(S(=O)(=O)N2CCCC2C(=O)Nc2ccc(-n3cccn3)nc2)c(C)c1. The number of carbonyl (C=O) groups is 1. The minimum Gasteiger partial charge on any atom is -0.323 e. The fraction of sp³-hybridized carbons (Fsp3) is 0.318. The Balaban J connectivity index is 1.55. The van der Waals surface area contributed by atoms with Gasteiger partial charge in [-0.15, -0.1) is 0 Å². The van der Waals surface area contributed by atoms with Crippen molar-refractivity contribution in [2.24, 2.45) is 0 Å². The van der Waals surface area contributed by atoms with Crippen LogP contribution in [0.4, 0.5) is 5.69 Å². The number of pyridine rings is 1. The van der Waals surface area contributed by atoms with Crippen molar-refractivity contribution >= 4 is 21.6 Å². The molecule has 9 heteroatoms. The second-order valence-corrected chi connectivity index (χ2v) is 9.67. The summed E-state index contributed by atoms with van der Waals surface area (Å²) >= 11 is 0. The molecular weight excluding hydrogens is 414 g/mol. The Morgan fingerprint density at radius 3 is 2.52 bits per heavy atom. The first-order valence-electron chi connectivity index (χ1n) is 10.1. The quantitative estimate of drug-likeness (QED) is 0.659. The summed E-state index contributed by atoms with van der Waals surface area (Å²) in [7, 11) is -3.79. The Bertz CT molecular complexity index is 1180. The van der Waals surface area contributed by atoms with Crippen LogP contribution in [0.1, 0.15) is 29.5 Å². The standard InChI is InChI=1S/C22H25N5O3S/c1-15-12-16(2)21(17(3)13-15)31(29,30)27-11-4-6-19(27)22(28)25-18-7-8-20(23-14-18)26-10-5-9-24-26/h5,7-10,12-14,19H,4,6,11H2,1-3H3,(H,25,28). The van der Waals surface area contributed by atoms with Gasteiger partial charge in [0.1, 0.15) is 6.04 Å². The van der Waals surface area contributed by atoms with E-state index in [0.29, 0.717) is 46.9 Å². The van der Waals surface area contributed by atoms with Crippen LogP contribution in [-0.4, -0.2) is 46.0 Å². The van der Waals surface area contributed by atoms with Gasteiger partial charge in [0, 0.05) is 18.9 Å². The molecule has 0 saturated carbocycles. The summed E-state index contributed by atoms with van der Waals surface area (Å²) in [4.78, 5) is 17.6. The summed E-state index contributed by atoms with van der Waals surface area (Å²) < 4.78 is 29.9. The van der Waals surface area contributed by atoms with Crippen molar-refractivity contribution in [3.05, 3.63) is 65.6 Å². The van der Waals surface area contributed by atoms with Crippen LogP contribution in [0.2, 0.25) is 0 Å². The summed E-state index contributed by atoms with van der Waals surface area (Å²) in [6.45, 7) is 5.85. The molecule has 0 spiro atoms. The van der Waals surface area contributed by atoms with Crippen molar-refractivity contribution in [3.63, 3.8) is 0 Å². The van der Waals surface area contributed by atoms with E-state index in [1.807, 2.05) is 19.1 Å². The summed E-state index contributed by atoms with van der Waals surface area (Å²) in [5.41, 5.74) is 2.91. The van der Waals surface area contributed by atoms with E-state index in [1.54, 1.807) is 49.1 Å². The monoisotopic (exact) mass is 439 g/mol. The number of benzene rings is 1. The van der Waals surface area contributed by atoms with Crippen molar-refractivity contribution in [3.8, 4) is 5.82 Å². The number of nitrogens with one attached hydrogen (secondary N) is 1. The average Bonchev–Trinajstić information content (AvgIpc) is 3.40. The summed E-state index contributed by atoms with van der Waals surface area (Å²) in [5.74, 6) is 0.274. The number of aromatic nitrogens is 3. The highest BCUT2D eigenvalue weighted by Crippen LogP contribution is 2.31. The van der Waals surface area contributed by atoms with Gasteiger partial charge in [-0.1, -0.05) is 17.7 Å². The van der Waals surface area contributed by atoms with Gasteiger partial charge in [-0.2, -0.15) is 9.40 Å². The lowest BCUT2D eigenvalue weighted by molar-refractivity contribution is -0.119. The molecule has 1 aliphatic rings. The van der Waals surface area contributed by atoms with E-state index in [9.17, 15) is 13.2 Å². The van der Waals surface area contributed by atoms with Crippen LogP contribution in [0.5, 0.6) is 0 Å². The van der Waals surface area contributed by atoms with E-state index < -0.39 is 16.1 Å². The fourth-order valence-electron chi connectivity index (χ4n) is 4.21. The Morgan fingerprint density at radius 2 is 1.90 bits per heavy atom. The first kappa shape index (κ1) is 21.2. The van der Waals surface area contributed by atoms with Crippen LogP contribution in [-0.2, 0) is 14.8 Å². The van der Waals surface area contributed by atoms with E-state index in [2.05, 4.69) is 15.4 Å². The number of carbonyl (C=O) groups excluding carboxylic acids is 1. The molecule has 0 aliphatic carbocycles. The summed E-state index contributed by atoms with van der Waals surface area (Å²) in [6, 6.07) is 8.23. The Morgan fingerprint density at radius 1 is 1.16 bits per heavy atom. The van der Waals surface area contributed by atoms with E-state index in [-0.39, 0.29) is 5.91 Å². The molecule has 0 bridgehead atoms. The fourth-order valence-corrected chi connectivity index (χ4v) is 6.28. The van der Waals surface area contributed by atoms with Crippen LogP contribution >= 0.6 is 0 Å². The molecule has 1 saturated heterocycles. The van der Waals surface area contributed by atoms with Gasteiger partial charge in [0.05, 0.1) is 16.8 Å². The van der Waals surface area contributed by atoms with Gasteiger partial charge >= 0.3 is 0 Å². The van der Waals surface area contributed by atoms with Gasteiger partial charge in [0.25, 0.3) is 0 Å². The average molecular weight is 440 g/mol. The third kappa shape index (κ3) is 4.11. The number of hydrogen-bond acceptors (Lipinski definition) is 5. The molecule has 1 aliphatic heterocycles. The number of anilines is 1. The topological polar surface area (TPSA) is 97.2 Å². The lowest BCUT2D eigenvalue weighted by Crippen LogP contribution is -2.43. The largest absolute Gasteiger partial charge is 0.323 e. The van der Waals surface area contributed by atoms with E-state index >= 15 is 0 Å². The van der Waals surface area contributed by atoms with Crippen LogP contribution < -0.4 is 5.32 Å². The highest BCUT2D eigenvalue weighted by atomic mass is 32.2. The number of amides is 1. The van der Waals surface area contributed by atoms with Gasteiger partial charge in [-0.05, 0) is 62.9 Å². The van der Waals surface area contributed by atoms with E-state index in [1.165, 1.54) is 10.5 Å². The smallest absolute Gasteiger partial charge is 0.244 e. The van der Waals surface area contributed by atoms with Crippen molar-refractivity contribution < 1.29 is 13.2 Å². The number of sulfonamides is 1. The van der Waals surface area contributed by atoms with Gasteiger partial charge in [-0.25, -0.2) is 18.1 Å². The van der Waals surface area contributed by atoms with Crippen molar-refractivity contribution in [2.75, 3.05) is 11.9 Å². The maximum absolute atomic E-state index is 13.5. The molecular formula is C22H25N5O3S. The predicted octanol–water partition coefficient (Wildman–Crippen LogP) is 2.98. The summed E-state index contributed by atoms with van der Waals surface area (Å²) in [6.07, 6.45) is 6.09. The third-order valence-corrected chi connectivity index (χ3v) is 7.65. The van der Waals surface area contributed by atoms with E-state index in [0.717, 1.165) is 5.56 Å². The van der Waals surface area contributed by atoms with Crippen molar-refractivity contribution in [2.45, 2.75) is 44.6 Å². The number of nitrogens with zero attached hydrogens (tertiary/aromatic N) is 4. The van der Waals surface area contributed by atoms with Crippen LogP contribution in [0.25, 0.3) is 5.82 Å². The van der Waals surface area contributed by atoms with Gasteiger partial charge in [0.15, 0.2) is 5.82 Å². The van der Waals surface area contributed by atoms with Crippen LogP contribution in [0.15, 0.2) is 53.8 Å². The molecule has 1 amide bonds. The third-order valence-electron chi connectivity index (χ3n) is 5.43. The molecule has 162 valence electrons. The van der Waals surface area contributed by atoms with Gasteiger partial charge < -0.3 is 5.32 Å². The molecule has 31 heavy (non-hydrogen) atoms. The minimum atomic E-state index is -3.79. The predicted molar refractivity (Wildman–Crippen MR) is 118 cm³/mol. The maximum atomic E-state index is 13.5. The number of rotatable bonds is 5. The molecule has 1 N–H and O–H groups in total. The van der Waals surface area contributed by atoms with Crippen LogP contribution in [0, 0.1) is 20.8 Å². The van der Waals surface area contributed by atoms with Crippen molar-refractivity contribution in [1.82, 2.24) is 19.1 Å². The second-order valence-electron chi connectivity index (χ2n) is 7.85. The molecule has 8 nitrogen and oxygen atoms in total. The second kappa shape index (κ2) is 8.24. The number of hydrogen-bond donors (Lipinski definition) is 1. The minimum absolute atomic E-state index is 0.294. The lowest BCUT2D eigenvalue weighted by atomic mass is 10.1. The molecule has 1 fully saturated rings. The Kier molecular flexibility index (Phi) is 5.63. The lowest BCUT2D eigenvalue weighted by Gasteiger charge is -2.25. The molecule has 1 atom stereocenters. The summed E-state index contributed by atoms with van der Waals surface area (Å²) in [5, 5.41) is 6.93. The zero-order valence-corrected chi connectivity index (χ0v) is 18.6. The molecule has 0 radical (unpaired) electrons. The van der Waals surface area contributed by atoms with Gasteiger partial charge in [0.2, 0.25) is 15.9 Å². The Hall–Kier alpha value is -3.04. The zero-order chi connectivity index (χ0) is 22.2. The molecule has 1 aromatic carbocycles. The molecule has 1 unspecified atom stereocenters. The first-order valence-corrected chi connectivity index (χ1v) is 11.6. The molecule has 4 rings (SSSR count). The molecule has 3 heterocycles.